The van der Waals surface area contributed by atoms with Crippen molar-refractivity contribution >= 4 is 22.6 Å². The molecule has 0 amide bonds. The zero-order valence-electron chi connectivity index (χ0n) is 14.1. The third kappa shape index (κ3) is 5.41. The number of nitriles is 1. The minimum absolute atomic E-state index is 0.607. The summed E-state index contributed by atoms with van der Waals surface area (Å²) in [5.74, 6) is 0. The maximum absolute atomic E-state index is 8.80. The summed E-state index contributed by atoms with van der Waals surface area (Å²) in [6.07, 6.45) is 3.83. The number of benzene rings is 2. The van der Waals surface area contributed by atoms with Gasteiger partial charge in [-0.3, -0.25) is 10.2 Å². The van der Waals surface area contributed by atoms with Crippen LogP contribution < -0.4 is 5.32 Å². The van der Waals surface area contributed by atoms with E-state index in [4.69, 9.17) is 5.26 Å². The Labute approximate surface area is 148 Å². The average Bonchev–Trinajstić information content (AvgIpc) is 2.63. The number of para-hydroxylation sites is 1. The van der Waals surface area contributed by atoms with Crippen molar-refractivity contribution in [2.45, 2.75) is 20.0 Å². The monoisotopic (exact) mass is 338 g/mol. The van der Waals surface area contributed by atoms with Crippen molar-refractivity contribution in [3.8, 4) is 6.19 Å². The number of amidine groups is 1. The summed E-state index contributed by atoms with van der Waals surface area (Å²) >= 11 is 1.43. The summed E-state index contributed by atoms with van der Waals surface area (Å²) in [6, 6.07) is 18.6. The van der Waals surface area contributed by atoms with Crippen molar-refractivity contribution in [2.24, 2.45) is 4.99 Å². The molecule has 24 heavy (non-hydrogen) atoms. The summed E-state index contributed by atoms with van der Waals surface area (Å²) < 4.78 is 0. The lowest BCUT2D eigenvalue weighted by Crippen LogP contribution is -2.22. The summed E-state index contributed by atoms with van der Waals surface area (Å²) in [6.45, 7) is 4.85. The molecule has 0 saturated carbocycles. The van der Waals surface area contributed by atoms with Crippen molar-refractivity contribution in [3.05, 3.63) is 65.7 Å². The fourth-order valence-electron chi connectivity index (χ4n) is 2.40. The molecule has 2 aromatic rings. The number of hydrogen-bond acceptors (Lipinski definition) is 4. The van der Waals surface area contributed by atoms with Crippen LogP contribution in [0.4, 0.5) is 5.69 Å². The van der Waals surface area contributed by atoms with E-state index in [1.54, 1.807) is 0 Å². The molecule has 2 rings (SSSR count). The number of nitrogens with zero attached hydrogens (tertiary/aromatic N) is 3. The summed E-state index contributed by atoms with van der Waals surface area (Å²) in [5.41, 5.74) is 3.36. The second-order valence-corrected chi connectivity index (χ2v) is 6.07. The highest BCUT2D eigenvalue weighted by atomic mass is 32.2. The molecule has 0 fully saturated rings. The van der Waals surface area contributed by atoms with Crippen molar-refractivity contribution in [1.82, 2.24) is 10.2 Å². The van der Waals surface area contributed by atoms with E-state index in [0.29, 0.717) is 5.17 Å². The standard InChI is InChI=1S/C19H22N4S/c1-3-23(13-16-9-5-4-6-10-16)14-17-11-7-8-12-18(17)22-19(24-2)21-15-20/h4-12H,3,13-14H2,1-2H3,(H,21,22). The van der Waals surface area contributed by atoms with Gasteiger partial charge < -0.3 is 0 Å². The minimum Gasteiger partial charge on any atom is -0.295 e. The molecule has 0 heterocycles. The Morgan fingerprint density at radius 3 is 2.50 bits per heavy atom. The van der Waals surface area contributed by atoms with E-state index in [1.165, 1.54) is 17.3 Å². The third-order valence-electron chi connectivity index (χ3n) is 3.66. The molecular formula is C19H22N4S. The first-order chi connectivity index (χ1) is 11.8. The molecule has 0 bridgehead atoms. The highest BCUT2D eigenvalue weighted by Crippen LogP contribution is 2.22. The Hall–Kier alpha value is -2.29. The molecule has 0 unspecified atom stereocenters. The molecule has 0 aliphatic carbocycles. The molecular weight excluding hydrogens is 316 g/mol. The van der Waals surface area contributed by atoms with Crippen molar-refractivity contribution in [1.29, 1.82) is 5.26 Å². The average molecular weight is 338 g/mol. The molecule has 0 radical (unpaired) electrons. The third-order valence-corrected chi connectivity index (χ3v) is 4.24. The predicted octanol–water partition coefficient (Wildman–Crippen LogP) is 4.13. The first-order valence-corrected chi connectivity index (χ1v) is 9.11. The van der Waals surface area contributed by atoms with Gasteiger partial charge in [0, 0.05) is 13.1 Å². The molecule has 124 valence electrons. The molecule has 5 heteroatoms. The Bertz CT molecular complexity index is 707. The van der Waals surface area contributed by atoms with Gasteiger partial charge in [-0.15, -0.1) is 0 Å². The van der Waals surface area contributed by atoms with Crippen LogP contribution in [0, 0.1) is 11.5 Å². The Morgan fingerprint density at radius 1 is 1.12 bits per heavy atom. The summed E-state index contributed by atoms with van der Waals surface area (Å²) in [5, 5.41) is 12.0. The second-order valence-electron chi connectivity index (χ2n) is 5.28. The van der Waals surface area contributed by atoms with Gasteiger partial charge in [0.25, 0.3) is 0 Å². The van der Waals surface area contributed by atoms with Crippen molar-refractivity contribution in [3.63, 3.8) is 0 Å². The second kappa shape index (κ2) is 9.76. The van der Waals surface area contributed by atoms with Crippen molar-refractivity contribution < 1.29 is 0 Å². The number of thioether (sulfide) groups is 1. The largest absolute Gasteiger partial charge is 0.295 e. The van der Waals surface area contributed by atoms with Gasteiger partial charge >= 0.3 is 0 Å². The normalized spacial score (nSPS) is 11.3. The van der Waals surface area contributed by atoms with Crippen LogP contribution in [0.3, 0.4) is 0 Å². The molecule has 0 aliphatic rings. The van der Waals surface area contributed by atoms with Gasteiger partial charge in [-0.05, 0) is 30.0 Å². The van der Waals surface area contributed by atoms with Crippen LogP contribution in [0.2, 0.25) is 0 Å². The highest BCUT2D eigenvalue weighted by molar-refractivity contribution is 8.13. The minimum atomic E-state index is 0.607. The smallest absolute Gasteiger partial charge is 0.183 e. The molecule has 2 aromatic carbocycles. The molecule has 0 atom stereocenters. The summed E-state index contributed by atoms with van der Waals surface area (Å²) in [4.78, 5) is 6.96. The van der Waals surface area contributed by atoms with E-state index in [1.807, 2.05) is 36.7 Å². The maximum atomic E-state index is 8.80. The first kappa shape index (κ1) is 18.1. The van der Waals surface area contributed by atoms with Gasteiger partial charge in [-0.1, -0.05) is 67.2 Å². The lowest BCUT2D eigenvalue weighted by Gasteiger charge is -2.21. The maximum Gasteiger partial charge on any atom is 0.183 e. The van der Waals surface area contributed by atoms with E-state index in [2.05, 4.69) is 52.5 Å². The van der Waals surface area contributed by atoms with Gasteiger partial charge in [0.1, 0.15) is 0 Å². The molecule has 0 aliphatic heterocycles. The molecule has 0 aromatic heterocycles. The SMILES string of the molecule is CCN(Cc1ccccc1)Cc1ccccc1N=C(NC#N)SC. The van der Waals surface area contributed by atoms with Crippen LogP contribution >= 0.6 is 11.8 Å². The Balaban J connectivity index is 2.17. The van der Waals surface area contributed by atoms with E-state index in [9.17, 15) is 0 Å². The van der Waals surface area contributed by atoms with Gasteiger partial charge in [0.05, 0.1) is 5.69 Å². The fourth-order valence-corrected chi connectivity index (χ4v) is 2.73. The molecule has 0 spiro atoms. The number of hydrogen-bond donors (Lipinski definition) is 1. The Kier molecular flexibility index (Phi) is 7.34. The van der Waals surface area contributed by atoms with Crippen LogP contribution in [0.15, 0.2) is 59.6 Å². The zero-order chi connectivity index (χ0) is 17.2. The van der Waals surface area contributed by atoms with Crippen LogP contribution in [0.5, 0.6) is 0 Å². The zero-order valence-corrected chi connectivity index (χ0v) is 14.9. The number of rotatable bonds is 6. The van der Waals surface area contributed by atoms with Crippen molar-refractivity contribution in [2.75, 3.05) is 12.8 Å². The van der Waals surface area contributed by atoms with Crippen LogP contribution in [0.1, 0.15) is 18.1 Å². The number of nitrogens with one attached hydrogen (secondary N) is 1. The van der Waals surface area contributed by atoms with Crippen LogP contribution in [-0.4, -0.2) is 22.9 Å². The molecule has 1 N–H and O–H groups in total. The lowest BCUT2D eigenvalue weighted by molar-refractivity contribution is 0.272. The van der Waals surface area contributed by atoms with Crippen LogP contribution in [-0.2, 0) is 13.1 Å². The lowest BCUT2D eigenvalue weighted by atomic mass is 10.1. The van der Waals surface area contributed by atoms with E-state index in [0.717, 1.165) is 30.9 Å². The van der Waals surface area contributed by atoms with Gasteiger partial charge in [-0.2, -0.15) is 5.26 Å². The van der Waals surface area contributed by atoms with Crippen LogP contribution in [0.25, 0.3) is 0 Å². The molecule has 4 nitrogen and oxygen atoms in total. The van der Waals surface area contributed by atoms with Gasteiger partial charge in [-0.25, -0.2) is 4.99 Å². The topological polar surface area (TPSA) is 51.4 Å². The quantitative estimate of drug-likeness (QED) is 0.372. The highest BCUT2D eigenvalue weighted by Gasteiger charge is 2.09. The summed E-state index contributed by atoms with van der Waals surface area (Å²) in [7, 11) is 0. The van der Waals surface area contributed by atoms with E-state index < -0.39 is 0 Å². The molecule has 0 saturated heterocycles. The number of aliphatic imine (C=N–C) groups is 1. The van der Waals surface area contributed by atoms with Gasteiger partial charge in [0.15, 0.2) is 11.4 Å². The van der Waals surface area contributed by atoms with E-state index >= 15 is 0 Å². The van der Waals surface area contributed by atoms with E-state index in [-0.39, 0.29) is 0 Å². The fraction of sp³-hybridized carbons (Fsp3) is 0.263. The Morgan fingerprint density at radius 2 is 1.83 bits per heavy atom. The first-order valence-electron chi connectivity index (χ1n) is 7.88. The predicted molar refractivity (Wildman–Crippen MR) is 102 cm³/mol. The van der Waals surface area contributed by atoms with Gasteiger partial charge in [0.2, 0.25) is 0 Å².